The monoisotopic (exact) mass is 350 g/mol. The highest BCUT2D eigenvalue weighted by Crippen LogP contribution is 2.48. The van der Waals surface area contributed by atoms with Crippen LogP contribution in [0.2, 0.25) is 0 Å². The molecular formula is C13H19IO3. The zero-order valence-electron chi connectivity index (χ0n) is 10.0. The first-order valence-electron chi connectivity index (χ1n) is 6.40. The van der Waals surface area contributed by atoms with Crippen LogP contribution in [0.1, 0.15) is 19.8 Å². The Hall–Kier alpha value is 0.350. The van der Waals surface area contributed by atoms with Crippen LogP contribution in [-0.2, 0) is 9.47 Å². The Morgan fingerprint density at radius 2 is 2.35 bits per heavy atom. The lowest BCUT2D eigenvalue weighted by atomic mass is 9.66. The molecule has 2 heterocycles. The third-order valence-electron chi connectivity index (χ3n) is 4.56. The lowest BCUT2D eigenvalue weighted by Crippen LogP contribution is -2.57. The summed E-state index contributed by atoms with van der Waals surface area (Å²) in [7, 11) is 0. The van der Waals surface area contributed by atoms with Gasteiger partial charge in [0, 0.05) is 10.3 Å². The molecule has 0 aromatic rings. The van der Waals surface area contributed by atoms with Gasteiger partial charge in [-0.25, -0.2) is 0 Å². The molecule has 96 valence electrons. The van der Waals surface area contributed by atoms with E-state index in [0.717, 1.165) is 23.9 Å². The Labute approximate surface area is 116 Å². The molecule has 1 N–H and O–H groups in total. The van der Waals surface area contributed by atoms with E-state index < -0.39 is 0 Å². The van der Waals surface area contributed by atoms with Crippen molar-refractivity contribution in [3.63, 3.8) is 0 Å². The first kappa shape index (κ1) is 12.4. The van der Waals surface area contributed by atoms with E-state index in [1.807, 2.05) is 0 Å². The number of aliphatic hydroxyl groups excluding tert-OH is 1. The van der Waals surface area contributed by atoms with Gasteiger partial charge >= 0.3 is 0 Å². The lowest BCUT2D eigenvalue weighted by Gasteiger charge is -2.52. The maximum atomic E-state index is 10.4. The minimum absolute atomic E-state index is 0.0626. The van der Waals surface area contributed by atoms with Crippen LogP contribution in [0.3, 0.4) is 0 Å². The fourth-order valence-electron chi connectivity index (χ4n) is 3.62. The Morgan fingerprint density at radius 1 is 1.53 bits per heavy atom. The fraction of sp³-hybridized carbons (Fsp3) is 0.846. The third-order valence-corrected chi connectivity index (χ3v) is 5.43. The molecule has 2 fully saturated rings. The molecule has 0 radical (unpaired) electrons. The zero-order chi connectivity index (χ0) is 12.0. The Kier molecular flexibility index (Phi) is 3.49. The van der Waals surface area contributed by atoms with Crippen LogP contribution in [0.4, 0.5) is 0 Å². The van der Waals surface area contributed by atoms with Gasteiger partial charge in [-0.15, -0.1) is 0 Å². The van der Waals surface area contributed by atoms with E-state index in [-0.39, 0.29) is 18.5 Å². The second-order valence-electron chi connectivity index (χ2n) is 5.38. The molecule has 3 nitrogen and oxygen atoms in total. The summed E-state index contributed by atoms with van der Waals surface area (Å²) in [6, 6.07) is 0. The van der Waals surface area contributed by atoms with E-state index in [4.69, 9.17) is 9.47 Å². The minimum Gasteiger partial charge on any atom is -0.390 e. The van der Waals surface area contributed by atoms with Crippen molar-refractivity contribution in [3.05, 3.63) is 11.6 Å². The van der Waals surface area contributed by atoms with E-state index in [0.29, 0.717) is 17.8 Å². The molecule has 0 aromatic heterocycles. The van der Waals surface area contributed by atoms with Gasteiger partial charge in [0.05, 0.1) is 18.8 Å². The standard InChI is InChI=1S/C13H19IO3/c1-7-2-3-9-11-8(7)4-5-16-13(11)17-10(6-14)12(9)15/h2,8-13,15H,3-6H2,1H3/t8-,9-,10+,11+,12+,13-/m0/s1. The number of hydrogen-bond acceptors (Lipinski definition) is 3. The zero-order valence-corrected chi connectivity index (χ0v) is 12.2. The number of alkyl halides is 1. The number of ether oxygens (including phenoxy) is 2. The number of halogens is 1. The van der Waals surface area contributed by atoms with Crippen molar-refractivity contribution < 1.29 is 14.6 Å². The number of allylic oxidation sites excluding steroid dienone is 2. The number of hydrogen-bond donors (Lipinski definition) is 1. The van der Waals surface area contributed by atoms with E-state index >= 15 is 0 Å². The van der Waals surface area contributed by atoms with Gasteiger partial charge in [-0.1, -0.05) is 34.2 Å². The second kappa shape index (κ2) is 4.79. The van der Waals surface area contributed by atoms with E-state index in [2.05, 4.69) is 35.6 Å². The topological polar surface area (TPSA) is 38.7 Å². The van der Waals surface area contributed by atoms with Crippen molar-refractivity contribution in [1.82, 2.24) is 0 Å². The Bertz CT molecular complexity index is 331. The molecule has 0 bridgehead atoms. The van der Waals surface area contributed by atoms with Gasteiger partial charge in [0.2, 0.25) is 0 Å². The van der Waals surface area contributed by atoms with E-state index in [1.54, 1.807) is 0 Å². The third kappa shape index (κ3) is 1.97. The summed E-state index contributed by atoms with van der Waals surface area (Å²) < 4.78 is 12.5. The predicted octanol–water partition coefficient (Wildman–Crippen LogP) is 2.13. The molecule has 0 spiro atoms. The summed E-state index contributed by atoms with van der Waals surface area (Å²) in [6.07, 6.45) is 3.88. The highest BCUT2D eigenvalue weighted by molar-refractivity contribution is 14.1. The van der Waals surface area contributed by atoms with Gasteiger partial charge in [-0.05, 0) is 31.6 Å². The first-order chi connectivity index (χ1) is 8.22. The van der Waals surface area contributed by atoms with Gasteiger partial charge in [-0.2, -0.15) is 0 Å². The Morgan fingerprint density at radius 3 is 3.12 bits per heavy atom. The molecule has 3 aliphatic rings. The van der Waals surface area contributed by atoms with Crippen molar-refractivity contribution in [3.8, 4) is 0 Å². The smallest absolute Gasteiger partial charge is 0.161 e. The first-order valence-corrected chi connectivity index (χ1v) is 7.92. The van der Waals surface area contributed by atoms with Gasteiger partial charge in [0.1, 0.15) is 0 Å². The molecule has 2 saturated heterocycles. The highest BCUT2D eigenvalue weighted by atomic mass is 127. The summed E-state index contributed by atoms with van der Waals surface area (Å²) >= 11 is 2.28. The molecule has 6 atom stereocenters. The fourth-order valence-corrected chi connectivity index (χ4v) is 4.35. The summed E-state index contributed by atoms with van der Waals surface area (Å²) in [5.74, 6) is 1.24. The lowest BCUT2D eigenvalue weighted by molar-refractivity contribution is -0.288. The quantitative estimate of drug-likeness (QED) is 0.447. The van der Waals surface area contributed by atoms with Crippen LogP contribution in [0, 0.1) is 17.8 Å². The largest absolute Gasteiger partial charge is 0.390 e. The van der Waals surface area contributed by atoms with Crippen LogP contribution >= 0.6 is 22.6 Å². The van der Waals surface area contributed by atoms with E-state index in [9.17, 15) is 5.11 Å². The molecule has 0 amide bonds. The predicted molar refractivity (Wildman–Crippen MR) is 73.0 cm³/mol. The van der Waals surface area contributed by atoms with Crippen LogP contribution in [0.25, 0.3) is 0 Å². The van der Waals surface area contributed by atoms with Crippen LogP contribution in [0.5, 0.6) is 0 Å². The maximum Gasteiger partial charge on any atom is 0.161 e. The van der Waals surface area contributed by atoms with Crippen molar-refractivity contribution in [2.24, 2.45) is 17.8 Å². The molecule has 1 aliphatic carbocycles. The molecule has 2 aliphatic heterocycles. The molecule has 3 rings (SSSR count). The van der Waals surface area contributed by atoms with Crippen LogP contribution in [-0.4, -0.2) is 34.6 Å². The van der Waals surface area contributed by atoms with Gasteiger partial charge in [0.25, 0.3) is 0 Å². The molecule has 17 heavy (non-hydrogen) atoms. The summed E-state index contributed by atoms with van der Waals surface area (Å²) in [4.78, 5) is 0. The average molecular weight is 350 g/mol. The van der Waals surface area contributed by atoms with E-state index in [1.165, 1.54) is 5.57 Å². The van der Waals surface area contributed by atoms with Crippen molar-refractivity contribution in [2.45, 2.75) is 38.3 Å². The van der Waals surface area contributed by atoms with Gasteiger partial charge in [0.15, 0.2) is 6.29 Å². The van der Waals surface area contributed by atoms with Crippen molar-refractivity contribution >= 4 is 22.6 Å². The SMILES string of the molecule is CC1=CC[C@@H]2[C@@H](O)[C@@H](CI)O[C@@H]3OCC[C@@H]1[C@@H]32. The normalized spacial score (nSPS) is 49.5. The van der Waals surface area contributed by atoms with Gasteiger partial charge < -0.3 is 14.6 Å². The maximum absolute atomic E-state index is 10.4. The number of rotatable bonds is 1. The molecule has 0 aromatic carbocycles. The molecular weight excluding hydrogens is 331 g/mol. The number of aliphatic hydroxyl groups is 1. The highest BCUT2D eigenvalue weighted by Gasteiger charge is 2.51. The van der Waals surface area contributed by atoms with Crippen LogP contribution in [0.15, 0.2) is 11.6 Å². The van der Waals surface area contributed by atoms with Crippen molar-refractivity contribution in [2.75, 3.05) is 11.0 Å². The minimum atomic E-state index is -0.332. The summed E-state index contributed by atoms with van der Waals surface area (Å²) in [6.45, 7) is 2.99. The molecule has 4 heteroatoms. The average Bonchev–Trinajstić information content (AvgIpc) is 2.36. The Balaban J connectivity index is 1.91. The van der Waals surface area contributed by atoms with Crippen molar-refractivity contribution in [1.29, 1.82) is 0 Å². The molecule has 0 saturated carbocycles. The summed E-state index contributed by atoms with van der Waals surface area (Å²) in [5.41, 5.74) is 1.46. The second-order valence-corrected chi connectivity index (χ2v) is 6.26. The van der Waals surface area contributed by atoms with Crippen LogP contribution < -0.4 is 0 Å². The summed E-state index contributed by atoms with van der Waals surface area (Å²) in [5, 5.41) is 10.4. The molecule has 0 unspecified atom stereocenters. The van der Waals surface area contributed by atoms with Gasteiger partial charge in [-0.3, -0.25) is 0 Å².